The lowest BCUT2D eigenvalue weighted by molar-refractivity contribution is 0.0753. The van der Waals surface area contributed by atoms with Crippen LogP contribution in [0.3, 0.4) is 0 Å². The van der Waals surface area contributed by atoms with E-state index in [-0.39, 0.29) is 5.91 Å². The number of rotatable bonds is 7. The Bertz CT molecular complexity index is 491. The Hall–Kier alpha value is -1.62. The largest absolute Gasteiger partial charge is 0.493 e. The molecule has 21 heavy (non-hydrogen) atoms. The SMILES string of the molecule is COc1cc(C(=O)N(CCCl)C2CC2)cc(OC)c1OC. The number of nitrogens with zero attached hydrogens (tertiary/aromatic N) is 1. The molecule has 116 valence electrons. The third-order valence-electron chi connectivity index (χ3n) is 3.49. The normalized spacial score (nSPS) is 13.7. The van der Waals surface area contributed by atoms with Crippen molar-refractivity contribution in [2.24, 2.45) is 0 Å². The van der Waals surface area contributed by atoms with Crippen LogP contribution in [-0.4, -0.2) is 50.6 Å². The monoisotopic (exact) mass is 313 g/mol. The van der Waals surface area contributed by atoms with Gasteiger partial charge in [0, 0.05) is 24.0 Å². The Balaban J connectivity index is 2.35. The number of alkyl halides is 1. The Kier molecular flexibility index (Phi) is 5.17. The second-order valence-corrected chi connectivity index (χ2v) is 5.21. The molecule has 1 aromatic carbocycles. The molecule has 0 radical (unpaired) electrons. The molecule has 1 amide bonds. The summed E-state index contributed by atoms with van der Waals surface area (Å²) in [6.07, 6.45) is 2.07. The number of carbonyl (C=O) groups excluding carboxylic acids is 1. The number of methoxy groups -OCH3 is 3. The van der Waals surface area contributed by atoms with Crippen molar-refractivity contribution in [2.75, 3.05) is 33.8 Å². The molecule has 1 saturated carbocycles. The molecule has 1 aliphatic rings. The fourth-order valence-corrected chi connectivity index (χ4v) is 2.48. The third-order valence-corrected chi connectivity index (χ3v) is 3.65. The lowest BCUT2D eigenvalue weighted by Gasteiger charge is -2.22. The average molecular weight is 314 g/mol. The van der Waals surface area contributed by atoms with Crippen LogP contribution < -0.4 is 14.2 Å². The van der Waals surface area contributed by atoms with Gasteiger partial charge in [0.1, 0.15) is 0 Å². The smallest absolute Gasteiger partial charge is 0.254 e. The Labute approximate surface area is 129 Å². The zero-order chi connectivity index (χ0) is 15.4. The molecule has 5 nitrogen and oxygen atoms in total. The van der Waals surface area contributed by atoms with Crippen molar-refractivity contribution < 1.29 is 19.0 Å². The number of ether oxygens (including phenoxy) is 3. The van der Waals surface area contributed by atoms with E-state index in [2.05, 4.69) is 0 Å². The van der Waals surface area contributed by atoms with Gasteiger partial charge in [-0.15, -0.1) is 11.6 Å². The topological polar surface area (TPSA) is 48.0 Å². The maximum Gasteiger partial charge on any atom is 0.254 e. The molecule has 0 atom stereocenters. The first-order valence-electron chi connectivity index (χ1n) is 6.83. The fraction of sp³-hybridized carbons (Fsp3) is 0.533. The number of halogens is 1. The van der Waals surface area contributed by atoms with Crippen LogP contribution in [0.5, 0.6) is 17.2 Å². The first-order valence-corrected chi connectivity index (χ1v) is 7.36. The zero-order valence-electron chi connectivity index (χ0n) is 12.5. The molecule has 1 fully saturated rings. The third kappa shape index (κ3) is 3.35. The molecule has 0 aromatic heterocycles. The van der Waals surface area contributed by atoms with E-state index in [1.165, 1.54) is 21.3 Å². The predicted octanol–water partition coefficient (Wildman–Crippen LogP) is 2.56. The number of amides is 1. The van der Waals surface area contributed by atoms with Gasteiger partial charge in [0.05, 0.1) is 21.3 Å². The molecule has 1 aliphatic carbocycles. The molecule has 0 bridgehead atoms. The van der Waals surface area contributed by atoms with Crippen LogP contribution in [-0.2, 0) is 0 Å². The minimum atomic E-state index is -0.0580. The molecule has 0 unspecified atom stereocenters. The van der Waals surface area contributed by atoms with Gasteiger partial charge < -0.3 is 19.1 Å². The Morgan fingerprint density at radius 2 is 1.76 bits per heavy atom. The summed E-state index contributed by atoms with van der Waals surface area (Å²) in [6.45, 7) is 0.543. The Morgan fingerprint density at radius 3 is 2.14 bits per heavy atom. The van der Waals surface area contributed by atoms with Gasteiger partial charge in [0.2, 0.25) is 5.75 Å². The number of carbonyl (C=O) groups is 1. The summed E-state index contributed by atoms with van der Waals surface area (Å²) < 4.78 is 15.8. The van der Waals surface area contributed by atoms with Crippen molar-refractivity contribution in [2.45, 2.75) is 18.9 Å². The summed E-state index contributed by atoms with van der Waals surface area (Å²) in [7, 11) is 4.60. The molecule has 0 spiro atoms. The van der Waals surface area contributed by atoms with Crippen molar-refractivity contribution >= 4 is 17.5 Å². The van der Waals surface area contributed by atoms with Crippen LogP contribution in [0.25, 0.3) is 0 Å². The number of benzene rings is 1. The lowest BCUT2D eigenvalue weighted by Crippen LogP contribution is -2.34. The highest BCUT2D eigenvalue weighted by Gasteiger charge is 2.33. The second kappa shape index (κ2) is 6.89. The standard InChI is InChI=1S/C15H20ClNO4/c1-19-12-8-10(9-13(20-2)14(12)21-3)15(18)17(7-6-16)11-4-5-11/h8-9,11H,4-7H2,1-3H3. The second-order valence-electron chi connectivity index (χ2n) is 4.83. The van der Waals surface area contributed by atoms with Crippen molar-refractivity contribution in [1.82, 2.24) is 4.90 Å². The van der Waals surface area contributed by atoms with Crippen LogP contribution in [0.2, 0.25) is 0 Å². The van der Waals surface area contributed by atoms with Crippen LogP contribution >= 0.6 is 11.6 Å². The maximum atomic E-state index is 12.7. The molecular weight excluding hydrogens is 294 g/mol. The van der Waals surface area contributed by atoms with Gasteiger partial charge in [-0.2, -0.15) is 0 Å². The fourth-order valence-electron chi connectivity index (χ4n) is 2.30. The van der Waals surface area contributed by atoms with Crippen LogP contribution in [0.1, 0.15) is 23.2 Å². The number of hydrogen-bond donors (Lipinski definition) is 0. The van der Waals surface area contributed by atoms with Gasteiger partial charge in [-0.05, 0) is 25.0 Å². The van der Waals surface area contributed by atoms with E-state index in [1.807, 2.05) is 4.90 Å². The predicted molar refractivity (Wildman–Crippen MR) is 80.9 cm³/mol. The molecule has 0 heterocycles. The van der Waals surface area contributed by atoms with E-state index < -0.39 is 0 Å². The van der Waals surface area contributed by atoms with Gasteiger partial charge in [-0.3, -0.25) is 4.79 Å². The molecule has 0 N–H and O–H groups in total. The summed E-state index contributed by atoms with van der Waals surface area (Å²) in [6, 6.07) is 3.65. The van der Waals surface area contributed by atoms with Crippen molar-refractivity contribution in [3.05, 3.63) is 17.7 Å². The lowest BCUT2D eigenvalue weighted by atomic mass is 10.1. The molecular formula is C15H20ClNO4. The quantitative estimate of drug-likeness (QED) is 0.726. The molecule has 6 heteroatoms. The summed E-state index contributed by atoms with van der Waals surface area (Å²) in [5.74, 6) is 1.79. The number of hydrogen-bond acceptors (Lipinski definition) is 4. The van der Waals surface area contributed by atoms with Gasteiger partial charge in [0.25, 0.3) is 5.91 Å². The van der Waals surface area contributed by atoms with E-state index in [0.29, 0.717) is 41.3 Å². The van der Waals surface area contributed by atoms with Crippen LogP contribution in [0, 0.1) is 0 Å². The summed E-state index contributed by atoms with van der Waals surface area (Å²) in [4.78, 5) is 14.5. The van der Waals surface area contributed by atoms with Gasteiger partial charge in [0.15, 0.2) is 11.5 Å². The van der Waals surface area contributed by atoms with Crippen molar-refractivity contribution in [3.63, 3.8) is 0 Å². The molecule has 0 saturated heterocycles. The van der Waals surface area contributed by atoms with E-state index in [9.17, 15) is 4.79 Å². The summed E-state index contributed by atoms with van der Waals surface area (Å²) in [5.41, 5.74) is 0.515. The van der Waals surface area contributed by atoms with Gasteiger partial charge in [-0.25, -0.2) is 0 Å². The average Bonchev–Trinajstić information content (AvgIpc) is 3.34. The van der Waals surface area contributed by atoms with E-state index in [1.54, 1.807) is 12.1 Å². The summed E-state index contributed by atoms with van der Waals surface area (Å²) >= 11 is 5.80. The highest BCUT2D eigenvalue weighted by molar-refractivity contribution is 6.18. The van der Waals surface area contributed by atoms with Crippen LogP contribution in [0.4, 0.5) is 0 Å². The van der Waals surface area contributed by atoms with Crippen LogP contribution in [0.15, 0.2) is 12.1 Å². The molecule has 1 aromatic rings. The minimum absolute atomic E-state index is 0.0580. The van der Waals surface area contributed by atoms with Crippen molar-refractivity contribution in [3.8, 4) is 17.2 Å². The highest BCUT2D eigenvalue weighted by atomic mass is 35.5. The zero-order valence-corrected chi connectivity index (χ0v) is 13.3. The molecule has 0 aliphatic heterocycles. The van der Waals surface area contributed by atoms with E-state index >= 15 is 0 Å². The van der Waals surface area contributed by atoms with E-state index in [4.69, 9.17) is 25.8 Å². The van der Waals surface area contributed by atoms with E-state index in [0.717, 1.165) is 12.8 Å². The van der Waals surface area contributed by atoms with Crippen molar-refractivity contribution in [1.29, 1.82) is 0 Å². The first-order chi connectivity index (χ1) is 10.2. The summed E-state index contributed by atoms with van der Waals surface area (Å²) in [5, 5.41) is 0. The maximum absolute atomic E-state index is 12.7. The van der Waals surface area contributed by atoms with Gasteiger partial charge >= 0.3 is 0 Å². The Morgan fingerprint density at radius 1 is 1.19 bits per heavy atom. The first kappa shape index (κ1) is 15.8. The highest BCUT2D eigenvalue weighted by Crippen LogP contribution is 2.39. The van der Waals surface area contributed by atoms with Gasteiger partial charge in [-0.1, -0.05) is 0 Å². The molecule has 2 rings (SSSR count). The minimum Gasteiger partial charge on any atom is -0.493 e.